The van der Waals surface area contributed by atoms with Crippen molar-refractivity contribution in [3.8, 4) is 0 Å². The van der Waals surface area contributed by atoms with Crippen LogP contribution >= 0.6 is 11.6 Å². The highest BCUT2D eigenvalue weighted by Gasteiger charge is 2.37. The van der Waals surface area contributed by atoms with Crippen LogP contribution in [0.1, 0.15) is 41.6 Å². The van der Waals surface area contributed by atoms with Crippen LogP contribution in [-0.2, 0) is 30.4 Å². The van der Waals surface area contributed by atoms with Gasteiger partial charge in [0.2, 0.25) is 0 Å². The molecule has 31 heavy (non-hydrogen) atoms. The van der Waals surface area contributed by atoms with E-state index in [1.165, 1.54) is 12.1 Å². The van der Waals surface area contributed by atoms with E-state index in [1.54, 1.807) is 4.68 Å². The molecule has 1 fully saturated rings. The lowest BCUT2D eigenvalue weighted by molar-refractivity contribution is -0.146. The number of piperidine rings is 1. The molecule has 2 atom stereocenters. The van der Waals surface area contributed by atoms with Crippen molar-refractivity contribution < 1.29 is 28.2 Å². The van der Waals surface area contributed by atoms with E-state index in [0.29, 0.717) is 18.8 Å². The molecule has 0 amide bonds. The number of benzene rings is 1. The second-order valence-electron chi connectivity index (χ2n) is 8.12. The van der Waals surface area contributed by atoms with Crippen molar-refractivity contribution in [2.45, 2.75) is 50.9 Å². The number of carboxylic acid groups (broad SMARTS) is 1. The van der Waals surface area contributed by atoms with Gasteiger partial charge in [0.1, 0.15) is 0 Å². The Morgan fingerprint density at radius 1 is 1.26 bits per heavy atom. The standard InChI is InChI=1S/C21H23ClF3N3O3/c22-16-6-3-5-15(21(23,24)25)14(16)10-28-17-7-2-1-4-12(17)19(26-28)27-9-8-13(20(30)31)18(29)11-27/h3,5-6,13,18,29H,1-2,4,7-11H2,(H,30,31). The summed E-state index contributed by atoms with van der Waals surface area (Å²) in [6.45, 7) is 0.433. The van der Waals surface area contributed by atoms with Gasteiger partial charge in [0, 0.05) is 34.9 Å². The van der Waals surface area contributed by atoms with Crippen molar-refractivity contribution in [2.75, 3.05) is 18.0 Å². The highest BCUT2D eigenvalue weighted by molar-refractivity contribution is 6.31. The van der Waals surface area contributed by atoms with Crippen molar-refractivity contribution in [1.29, 1.82) is 0 Å². The Hall–Kier alpha value is -2.26. The van der Waals surface area contributed by atoms with Crippen LogP contribution in [0.5, 0.6) is 0 Å². The lowest BCUT2D eigenvalue weighted by atomic mass is 9.92. The van der Waals surface area contributed by atoms with E-state index >= 15 is 0 Å². The van der Waals surface area contributed by atoms with E-state index in [4.69, 9.17) is 11.6 Å². The molecular formula is C21H23ClF3N3O3. The lowest BCUT2D eigenvalue weighted by Gasteiger charge is -2.34. The smallest absolute Gasteiger partial charge is 0.416 e. The number of nitrogens with zero attached hydrogens (tertiary/aromatic N) is 3. The topological polar surface area (TPSA) is 78.6 Å². The van der Waals surface area contributed by atoms with Gasteiger partial charge < -0.3 is 15.1 Å². The number of rotatable bonds is 4. The van der Waals surface area contributed by atoms with Crippen LogP contribution in [0.4, 0.5) is 19.0 Å². The molecule has 10 heteroatoms. The second-order valence-corrected chi connectivity index (χ2v) is 8.53. The molecule has 0 saturated carbocycles. The summed E-state index contributed by atoms with van der Waals surface area (Å²) < 4.78 is 42.2. The summed E-state index contributed by atoms with van der Waals surface area (Å²) in [5.74, 6) is -1.23. The molecule has 0 bridgehead atoms. The molecule has 2 heterocycles. The first-order valence-electron chi connectivity index (χ1n) is 10.3. The summed E-state index contributed by atoms with van der Waals surface area (Å²) in [4.78, 5) is 13.1. The first-order valence-corrected chi connectivity index (χ1v) is 10.6. The van der Waals surface area contributed by atoms with Gasteiger partial charge in [0.05, 0.1) is 24.1 Å². The van der Waals surface area contributed by atoms with E-state index in [1.807, 2.05) is 4.90 Å². The molecule has 6 nitrogen and oxygen atoms in total. The molecule has 1 aliphatic heterocycles. The van der Waals surface area contributed by atoms with Gasteiger partial charge in [-0.1, -0.05) is 17.7 Å². The fraction of sp³-hybridized carbons (Fsp3) is 0.524. The number of halogens is 4. The summed E-state index contributed by atoms with van der Waals surface area (Å²) in [7, 11) is 0. The van der Waals surface area contributed by atoms with Crippen molar-refractivity contribution in [3.05, 3.63) is 45.6 Å². The van der Waals surface area contributed by atoms with Crippen molar-refractivity contribution in [1.82, 2.24) is 9.78 Å². The Bertz CT molecular complexity index is 992. The van der Waals surface area contributed by atoms with Crippen LogP contribution in [0.15, 0.2) is 18.2 Å². The number of aromatic nitrogens is 2. The van der Waals surface area contributed by atoms with E-state index in [2.05, 4.69) is 5.10 Å². The number of alkyl halides is 3. The van der Waals surface area contributed by atoms with Gasteiger partial charge in [-0.25, -0.2) is 0 Å². The van der Waals surface area contributed by atoms with Crippen LogP contribution in [-0.4, -0.2) is 45.2 Å². The highest BCUT2D eigenvalue weighted by Crippen LogP contribution is 2.37. The molecule has 1 aromatic carbocycles. The lowest BCUT2D eigenvalue weighted by Crippen LogP contribution is -2.47. The van der Waals surface area contributed by atoms with Crippen LogP contribution in [0.2, 0.25) is 5.02 Å². The van der Waals surface area contributed by atoms with Gasteiger partial charge in [-0.05, 0) is 44.2 Å². The highest BCUT2D eigenvalue weighted by atomic mass is 35.5. The Labute approximate surface area is 182 Å². The normalized spacial score (nSPS) is 21.8. The number of β-amino-alcohol motifs (C(OH)–C–C–N with tert-alkyl or cyclic N) is 1. The molecule has 168 valence electrons. The molecule has 0 spiro atoms. The largest absolute Gasteiger partial charge is 0.481 e. The van der Waals surface area contributed by atoms with E-state index in [9.17, 15) is 28.2 Å². The zero-order chi connectivity index (χ0) is 22.3. The first kappa shape index (κ1) is 22.0. The van der Waals surface area contributed by atoms with Crippen LogP contribution in [0, 0.1) is 5.92 Å². The number of hydrogen-bond donors (Lipinski definition) is 2. The van der Waals surface area contributed by atoms with Gasteiger partial charge in [-0.3, -0.25) is 9.48 Å². The molecule has 2 N–H and O–H groups in total. The Balaban J connectivity index is 1.69. The van der Waals surface area contributed by atoms with Gasteiger partial charge >= 0.3 is 12.1 Å². The van der Waals surface area contributed by atoms with Gasteiger partial charge in [-0.2, -0.15) is 18.3 Å². The van der Waals surface area contributed by atoms with Crippen molar-refractivity contribution in [3.63, 3.8) is 0 Å². The molecule has 2 aliphatic rings. The van der Waals surface area contributed by atoms with Gasteiger partial charge in [0.25, 0.3) is 0 Å². The zero-order valence-electron chi connectivity index (χ0n) is 16.7. The fourth-order valence-corrected chi connectivity index (χ4v) is 4.82. The Morgan fingerprint density at radius 3 is 2.68 bits per heavy atom. The maximum absolute atomic E-state index is 13.5. The summed E-state index contributed by atoms with van der Waals surface area (Å²) >= 11 is 6.15. The third-order valence-corrected chi connectivity index (χ3v) is 6.52. The van der Waals surface area contributed by atoms with Crippen LogP contribution in [0.25, 0.3) is 0 Å². The first-order chi connectivity index (χ1) is 14.7. The molecular weight excluding hydrogens is 435 g/mol. The quantitative estimate of drug-likeness (QED) is 0.731. The molecule has 1 aliphatic carbocycles. The molecule has 1 saturated heterocycles. The van der Waals surface area contributed by atoms with Crippen LogP contribution < -0.4 is 4.90 Å². The second kappa shape index (κ2) is 8.35. The third kappa shape index (κ3) is 4.25. The Kier molecular flexibility index (Phi) is 5.91. The minimum Gasteiger partial charge on any atom is -0.481 e. The number of carboxylic acids is 1. The molecule has 4 rings (SSSR count). The maximum Gasteiger partial charge on any atom is 0.416 e. The molecule has 2 aromatic rings. The molecule has 0 radical (unpaired) electrons. The van der Waals surface area contributed by atoms with E-state index in [0.717, 1.165) is 36.6 Å². The minimum absolute atomic E-state index is 0.0243. The number of carbonyl (C=O) groups is 1. The predicted molar refractivity (Wildman–Crippen MR) is 108 cm³/mol. The number of fused-ring (bicyclic) bond motifs is 1. The summed E-state index contributed by atoms with van der Waals surface area (Å²) in [5, 5.41) is 24.2. The predicted octanol–water partition coefficient (Wildman–Crippen LogP) is 3.75. The van der Waals surface area contributed by atoms with Crippen molar-refractivity contribution in [2.24, 2.45) is 5.92 Å². The molecule has 2 unspecified atom stereocenters. The maximum atomic E-state index is 13.5. The average Bonchev–Trinajstić information content (AvgIpc) is 3.07. The summed E-state index contributed by atoms with van der Waals surface area (Å²) in [6.07, 6.45) is -1.98. The number of aliphatic carboxylic acids is 1. The number of anilines is 1. The van der Waals surface area contributed by atoms with E-state index < -0.39 is 29.7 Å². The Morgan fingerprint density at radius 2 is 2.00 bits per heavy atom. The zero-order valence-corrected chi connectivity index (χ0v) is 17.5. The third-order valence-electron chi connectivity index (χ3n) is 6.17. The van der Waals surface area contributed by atoms with E-state index in [-0.39, 0.29) is 30.1 Å². The number of aliphatic hydroxyl groups excluding tert-OH is 1. The van der Waals surface area contributed by atoms with Gasteiger partial charge in [0.15, 0.2) is 5.82 Å². The number of aliphatic hydroxyl groups is 1. The number of hydrogen-bond acceptors (Lipinski definition) is 4. The van der Waals surface area contributed by atoms with Gasteiger partial charge in [-0.15, -0.1) is 0 Å². The summed E-state index contributed by atoms with van der Waals surface area (Å²) in [6, 6.07) is 3.74. The average molecular weight is 458 g/mol. The molecule has 1 aromatic heterocycles. The minimum atomic E-state index is -4.53. The summed E-state index contributed by atoms with van der Waals surface area (Å²) in [5.41, 5.74) is 1.04. The van der Waals surface area contributed by atoms with Crippen molar-refractivity contribution >= 4 is 23.4 Å². The monoisotopic (exact) mass is 457 g/mol. The SMILES string of the molecule is O=C(O)C1CCN(c2nn(Cc3c(Cl)cccc3C(F)(F)F)c3c2CCCC3)CC1O. The fourth-order valence-electron chi connectivity index (χ4n) is 4.58. The van der Waals surface area contributed by atoms with Crippen LogP contribution in [0.3, 0.4) is 0 Å².